The van der Waals surface area contributed by atoms with Gasteiger partial charge in [0.15, 0.2) is 5.16 Å². The molecule has 0 amide bonds. The highest BCUT2D eigenvalue weighted by Crippen LogP contribution is 2.09. The van der Waals surface area contributed by atoms with Gasteiger partial charge in [-0.05, 0) is 25.0 Å². The Morgan fingerprint density at radius 1 is 1.06 bits per heavy atom. The fraction of sp³-hybridized carbons (Fsp3) is 0.154. The maximum Gasteiger partial charge on any atom is 0.170 e. The molecule has 0 radical (unpaired) electrons. The molecule has 16 heavy (non-hydrogen) atoms. The van der Waals surface area contributed by atoms with Crippen molar-refractivity contribution in [3.05, 3.63) is 41.0 Å². The molecule has 2 aromatic rings. The first-order valence-electron chi connectivity index (χ1n) is 5.40. The second-order valence-corrected chi connectivity index (χ2v) is 4.24. The lowest BCUT2D eigenvalue weighted by molar-refractivity contribution is 0.877. The summed E-state index contributed by atoms with van der Waals surface area (Å²) in [6.07, 6.45) is 6.56. The number of hydrogen-bond acceptors (Lipinski definition) is 2. The van der Waals surface area contributed by atoms with Gasteiger partial charge in [-0.15, -0.1) is 12.6 Å². The van der Waals surface area contributed by atoms with Crippen molar-refractivity contribution >= 4 is 24.8 Å². The minimum Gasteiger partial charge on any atom is -0.288 e. The van der Waals surface area contributed by atoms with Gasteiger partial charge >= 0.3 is 0 Å². The van der Waals surface area contributed by atoms with Crippen molar-refractivity contribution in [3.8, 4) is 5.69 Å². The summed E-state index contributed by atoms with van der Waals surface area (Å²) in [5.74, 6) is 0. The number of nitrogens with zero attached hydrogens (tertiary/aromatic N) is 2. The average Bonchev–Trinajstić information content (AvgIpc) is 2.66. The number of hydrogen-bond donors (Lipinski definition) is 1. The molecule has 0 N–H and O–H groups in total. The Balaban J connectivity index is 2.34. The van der Waals surface area contributed by atoms with E-state index < -0.39 is 0 Å². The monoisotopic (exact) mass is 228 g/mol. The third-order valence-corrected chi connectivity index (χ3v) is 3.08. The molecular formula is C13H12N2S. The first kappa shape index (κ1) is 9.73. The number of para-hydroxylation sites is 1. The Morgan fingerprint density at radius 3 is 2.62 bits per heavy atom. The van der Waals surface area contributed by atoms with Gasteiger partial charge in [0.25, 0.3) is 0 Å². The summed E-state index contributed by atoms with van der Waals surface area (Å²) in [5.41, 5.74) is 1.12. The molecule has 0 saturated heterocycles. The van der Waals surface area contributed by atoms with Crippen LogP contribution in [0.3, 0.4) is 0 Å². The van der Waals surface area contributed by atoms with Crippen molar-refractivity contribution < 1.29 is 0 Å². The van der Waals surface area contributed by atoms with E-state index in [1.54, 1.807) is 0 Å². The van der Waals surface area contributed by atoms with E-state index in [9.17, 15) is 0 Å². The summed E-state index contributed by atoms with van der Waals surface area (Å²) in [5, 5.41) is 2.98. The van der Waals surface area contributed by atoms with Gasteiger partial charge in [-0.2, -0.15) is 0 Å². The highest BCUT2D eigenvalue weighted by atomic mass is 32.1. The molecule has 1 aliphatic rings. The number of imidazole rings is 1. The molecule has 1 aliphatic carbocycles. The molecule has 1 aromatic heterocycles. The maximum absolute atomic E-state index is 4.47. The van der Waals surface area contributed by atoms with Crippen LogP contribution in [0.5, 0.6) is 0 Å². The molecular weight excluding hydrogens is 216 g/mol. The highest BCUT2D eigenvalue weighted by molar-refractivity contribution is 7.80. The van der Waals surface area contributed by atoms with Crippen LogP contribution in [0.4, 0.5) is 0 Å². The van der Waals surface area contributed by atoms with Crippen molar-refractivity contribution in [3.63, 3.8) is 0 Å². The van der Waals surface area contributed by atoms with Gasteiger partial charge < -0.3 is 0 Å². The second kappa shape index (κ2) is 3.83. The van der Waals surface area contributed by atoms with Crippen molar-refractivity contribution in [2.45, 2.75) is 18.0 Å². The standard InChI is InChI=1S/C13H12N2S/c16-13-14-11-8-4-5-9-12(11)15(13)10-6-2-1-3-7-10/h1-3,6-9H,4-5H2,(H,14,16). The van der Waals surface area contributed by atoms with Crippen LogP contribution >= 0.6 is 12.6 Å². The normalized spacial score (nSPS) is 13.8. The van der Waals surface area contributed by atoms with E-state index in [4.69, 9.17) is 0 Å². The zero-order valence-corrected chi connectivity index (χ0v) is 9.69. The summed E-state index contributed by atoms with van der Waals surface area (Å²) in [4.78, 5) is 4.47. The quantitative estimate of drug-likeness (QED) is 0.733. The van der Waals surface area contributed by atoms with E-state index in [2.05, 4.69) is 46.5 Å². The van der Waals surface area contributed by atoms with Crippen LogP contribution in [0.15, 0.2) is 35.5 Å². The molecule has 2 nitrogen and oxygen atoms in total. The van der Waals surface area contributed by atoms with Gasteiger partial charge in [-0.3, -0.25) is 4.57 Å². The molecule has 3 heteroatoms. The van der Waals surface area contributed by atoms with E-state index >= 15 is 0 Å². The highest BCUT2D eigenvalue weighted by Gasteiger charge is 2.07. The largest absolute Gasteiger partial charge is 0.288 e. The molecule has 0 saturated carbocycles. The number of rotatable bonds is 1. The number of thiol groups is 1. The molecule has 3 rings (SSSR count). The van der Waals surface area contributed by atoms with E-state index in [0.717, 1.165) is 29.0 Å². The lowest BCUT2D eigenvalue weighted by atomic mass is 10.2. The van der Waals surface area contributed by atoms with Crippen molar-refractivity contribution in [2.24, 2.45) is 0 Å². The summed E-state index contributed by atoms with van der Waals surface area (Å²) in [6, 6.07) is 10.2. The topological polar surface area (TPSA) is 17.8 Å². The minimum absolute atomic E-state index is 0.755. The molecule has 0 aliphatic heterocycles. The van der Waals surface area contributed by atoms with E-state index in [-0.39, 0.29) is 0 Å². The van der Waals surface area contributed by atoms with Crippen LogP contribution in [-0.2, 0) is 0 Å². The van der Waals surface area contributed by atoms with Crippen LogP contribution in [0.1, 0.15) is 12.8 Å². The number of benzene rings is 1. The van der Waals surface area contributed by atoms with Gasteiger partial charge in [-0.1, -0.05) is 30.4 Å². The maximum atomic E-state index is 4.47. The van der Waals surface area contributed by atoms with Gasteiger partial charge in [0.1, 0.15) is 0 Å². The molecule has 1 heterocycles. The molecule has 1 aromatic carbocycles. The number of aromatic nitrogens is 2. The SMILES string of the molecule is Sc1nc2c(n1-c1ccccc1)=CCCC=2. The fourth-order valence-electron chi connectivity index (χ4n) is 2.06. The Hall–Kier alpha value is -1.48. The van der Waals surface area contributed by atoms with Crippen molar-refractivity contribution in [2.75, 3.05) is 0 Å². The summed E-state index contributed by atoms with van der Waals surface area (Å²) < 4.78 is 2.09. The summed E-state index contributed by atoms with van der Waals surface area (Å²) >= 11 is 4.45. The predicted molar refractivity (Wildman–Crippen MR) is 68.2 cm³/mol. The third kappa shape index (κ3) is 1.48. The lowest BCUT2D eigenvalue weighted by Gasteiger charge is -2.05. The van der Waals surface area contributed by atoms with E-state index in [0.29, 0.717) is 0 Å². The smallest absolute Gasteiger partial charge is 0.170 e. The number of fused-ring (bicyclic) bond motifs is 1. The fourth-order valence-corrected chi connectivity index (χ4v) is 2.39. The predicted octanol–water partition coefficient (Wildman–Crippen LogP) is 1.52. The molecule has 0 unspecified atom stereocenters. The van der Waals surface area contributed by atoms with Crippen molar-refractivity contribution in [1.82, 2.24) is 9.55 Å². The van der Waals surface area contributed by atoms with E-state index in [1.807, 2.05) is 18.2 Å². The Bertz CT molecular complexity index is 626. The minimum atomic E-state index is 0.755. The molecule has 0 fully saturated rings. The Kier molecular flexibility index (Phi) is 2.33. The van der Waals surface area contributed by atoms with Gasteiger partial charge in [0.05, 0.1) is 10.7 Å². The van der Waals surface area contributed by atoms with Crippen LogP contribution in [-0.4, -0.2) is 9.55 Å². The molecule has 80 valence electrons. The molecule has 0 atom stereocenters. The first-order valence-corrected chi connectivity index (χ1v) is 5.84. The summed E-state index contributed by atoms with van der Waals surface area (Å²) in [7, 11) is 0. The van der Waals surface area contributed by atoms with Gasteiger partial charge in [0.2, 0.25) is 0 Å². The van der Waals surface area contributed by atoms with Crippen molar-refractivity contribution in [1.29, 1.82) is 0 Å². The Labute approximate surface area is 99.4 Å². The van der Waals surface area contributed by atoms with E-state index in [1.165, 1.54) is 5.35 Å². The van der Waals surface area contributed by atoms with Gasteiger partial charge in [0, 0.05) is 5.69 Å². The first-order chi connectivity index (χ1) is 7.86. The lowest BCUT2D eigenvalue weighted by Crippen LogP contribution is -2.31. The second-order valence-electron chi connectivity index (χ2n) is 3.84. The van der Waals surface area contributed by atoms with Crippen LogP contribution in [0.25, 0.3) is 17.8 Å². The van der Waals surface area contributed by atoms with Crippen LogP contribution < -0.4 is 10.7 Å². The van der Waals surface area contributed by atoms with Gasteiger partial charge in [-0.25, -0.2) is 4.98 Å². The molecule has 0 bridgehead atoms. The zero-order chi connectivity index (χ0) is 11.0. The summed E-state index contributed by atoms with van der Waals surface area (Å²) in [6.45, 7) is 0. The zero-order valence-electron chi connectivity index (χ0n) is 8.80. The van der Waals surface area contributed by atoms with Crippen LogP contribution in [0.2, 0.25) is 0 Å². The third-order valence-electron chi connectivity index (χ3n) is 2.78. The molecule has 0 spiro atoms. The average molecular weight is 228 g/mol. The van der Waals surface area contributed by atoms with Crippen LogP contribution in [0, 0.1) is 0 Å². The Morgan fingerprint density at radius 2 is 1.81 bits per heavy atom.